The van der Waals surface area contributed by atoms with Gasteiger partial charge in [-0.2, -0.15) is 0 Å². The smallest absolute Gasteiger partial charge is 0.0859 e. The molecule has 1 aliphatic carbocycles. The Morgan fingerprint density at radius 1 is 0.745 bits per heavy atom. The fraction of sp³-hybridized carbons (Fsp3) is 0.136. The largest absolute Gasteiger partial charge is 0.335 e. The summed E-state index contributed by atoms with van der Waals surface area (Å²) < 4.78 is 0. The number of allylic oxidation sites excluding steroid dienone is 6. The number of aliphatic imine (C=N–C) groups is 2. The van der Waals surface area contributed by atoms with Crippen molar-refractivity contribution in [2.75, 3.05) is 11.9 Å². The van der Waals surface area contributed by atoms with Gasteiger partial charge in [0.25, 0.3) is 0 Å². The maximum absolute atomic E-state index is 4.89. The molecule has 0 fully saturated rings. The van der Waals surface area contributed by atoms with E-state index in [1.54, 1.807) is 0 Å². The van der Waals surface area contributed by atoms with Gasteiger partial charge in [0.1, 0.15) is 0 Å². The molecule has 0 N–H and O–H groups in total. The first-order chi connectivity index (χ1) is 23.1. The molecular weight excluding hydrogens is 571 g/mol. The van der Waals surface area contributed by atoms with Gasteiger partial charge in [0.15, 0.2) is 0 Å². The fourth-order valence-electron chi connectivity index (χ4n) is 6.34. The van der Waals surface area contributed by atoms with Crippen LogP contribution in [0.5, 0.6) is 0 Å². The molecule has 47 heavy (non-hydrogen) atoms. The molecule has 0 radical (unpaired) electrons. The summed E-state index contributed by atoms with van der Waals surface area (Å²) in [5, 5.41) is 0. The van der Waals surface area contributed by atoms with Gasteiger partial charge in [-0.3, -0.25) is 9.98 Å². The highest BCUT2D eigenvalue weighted by Gasteiger charge is 2.19. The van der Waals surface area contributed by atoms with Crippen molar-refractivity contribution in [1.82, 2.24) is 0 Å². The Kier molecular flexibility index (Phi) is 9.84. The lowest BCUT2D eigenvalue weighted by molar-refractivity contribution is 0.975. The molecule has 5 aromatic carbocycles. The summed E-state index contributed by atoms with van der Waals surface area (Å²) in [6.07, 6.45) is 9.04. The van der Waals surface area contributed by atoms with Crippen molar-refractivity contribution in [2.45, 2.75) is 33.2 Å². The van der Waals surface area contributed by atoms with Crippen LogP contribution in [0.1, 0.15) is 42.0 Å². The third kappa shape index (κ3) is 7.00. The van der Waals surface area contributed by atoms with Crippen LogP contribution in [-0.4, -0.2) is 19.5 Å². The quantitative estimate of drug-likeness (QED) is 0.144. The summed E-state index contributed by atoms with van der Waals surface area (Å²) in [6.45, 7) is 8.94. The first kappa shape index (κ1) is 31.4. The third-order valence-corrected chi connectivity index (χ3v) is 8.87. The van der Waals surface area contributed by atoms with Crippen LogP contribution >= 0.6 is 0 Å². The van der Waals surface area contributed by atoms with Crippen molar-refractivity contribution in [3.8, 4) is 11.1 Å². The molecule has 3 heteroatoms. The minimum absolute atomic E-state index is 0.713. The zero-order valence-corrected chi connectivity index (χ0v) is 27.5. The average molecular weight is 612 g/mol. The molecule has 6 rings (SSSR count). The lowest BCUT2D eigenvalue weighted by Gasteiger charge is -2.26. The SMILES string of the molecule is C=Nc1ccccc1N(Cc1ccc(-c2ccc(C(=N/C)/C(=C(/C)C3=CCCC=C3)c3ccccc3C)cc2)cc1)c1ccccc1. The molecule has 0 saturated carbocycles. The molecule has 0 aromatic heterocycles. The molecule has 1 aliphatic rings. The standard InChI is InChI=1S/C44H41N3/c1-32-15-11-12-20-40(32)43(33(2)35-16-7-5-8-17-35)44(46-4)38-29-27-37(28-30-38)36-25-23-34(24-26-36)31-47(39-18-9-6-10-19-39)42-22-14-13-21-41(42)45-3/h6-7,9-30H,3,5,8,31H2,1-2,4H3/b43-33-,46-44-. The number of rotatable bonds is 10. The van der Waals surface area contributed by atoms with Crippen LogP contribution in [0.15, 0.2) is 167 Å². The predicted molar refractivity (Wildman–Crippen MR) is 203 cm³/mol. The van der Waals surface area contributed by atoms with E-state index in [-0.39, 0.29) is 0 Å². The maximum atomic E-state index is 4.89. The zero-order valence-electron chi connectivity index (χ0n) is 27.5. The number of aryl methyl sites for hydroxylation is 1. The summed E-state index contributed by atoms with van der Waals surface area (Å²) in [5.41, 5.74) is 14.9. The first-order valence-corrected chi connectivity index (χ1v) is 16.3. The van der Waals surface area contributed by atoms with Crippen molar-refractivity contribution >= 4 is 35.1 Å². The van der Waals surface area contributed by atoms with Crippen LogP contribution in [0.4, 0.5) is 17.1 Å². The molecule has 0 amide bonds. The topological polar surface area (TPSA) is 28.0 Å². The van der Waals surface area contributed by atoms with Crippen molar-refractivity contribution in [3.63, 3.8) is 0 Å². The lowest BCUT2D eigenvalue weighted by Crippen LogP contribution is -2.16. The molecule has 0 bridgehead atoms. The Hall–Kier alpha value is -5.54. The number of benzene rings is 5. The number of anilines is 2. The molecule has 0 saturated heterocycles. The van der Waals surface area contributed by atoms with Crippen molar-refractivity contribution < 1.29 is 0 Å². The minimum atomic E-state index is 0.713. The Balaban J connectivity index is 1.29. The van der Waals surface area contributed by atoms with Gasteiger partial charge in [0, 0.05) is 30.4 Å². The number of nitrogens with zero attached hydrogens (tertiary/aromatic N) is 3. The zero-order chi connectivity index (χ0) is 32.6. The van der Waals surface area contributed by atoms with E-state index < -0.39 is 0 Å². The Morgan fingerprint density at radius 2 is 1.40 bits per heavy atom. The van der Waals surface area contributed by atoms with Crippen molar-refractivity contribution in [1.29, 1.82) is 0 Å². The van der Waals surface area contributed by atoms with Crippen LogP contribution in [0.3, 0.4) is 0 Å². The van der Waals surface area contributed by atoms with E-state index in [0.717, 1.165) is 41.2 Å². The molecular formula is C44H41N3. The molecule has 3 nitrogen and oxygen atoms in total. The number of hydrogen-bond acceptors (Lipinski definition) is 3. The highest BCUT2D eigenvalue weighted by molar-refractivity contribution is 6.33. The van der Waals surface area contributed by atoms with Crippen molar-refractivity contribution in [2.24, 2.45) is 9.98 Å². The van der Waals surface area contributed by atoms with E-state index in [2.05, 4.69) is 152 Å². The van der Waals surface area contributed by atoms with E-state index in [0.29, 0.717) is 6.54 Å². The second-order valence-corrected chi connectivity index (χ2v) is 11.9. The van der Waals surface area contributed by atoms with E-state index in [4.69, 9.17) is 4.99 Å². The Labute approximate surface area is 279 Å². The maximum Gasteiger partial charge on any atom is 0.0859 e. The normalized spacial score (nSPS) is 13.5. The second kappa shape index (κ2) is 14.7. The van der Waals surface area contributed by atoms with E-state index in [1.165, 1.54) is 44.5 Å². The molecule has 232 valence electrons. The van der Waals surface area contributed by atoms with Gasteiger partial charge in [-0.25, -0.2) is 0 Å². The monoisotopic (exact) mass is 611 g/mol. The average Bonchev–Trinajstić information content (AvgIpc) is 3.14. The van der Waals surface area contributed by atoms with E-state index in [9.17, 15) is 0 Å². The highest BCUT2D eigenvalue weighted by Crippen LogP contribution is 2.36. The number of para-hydroxylation sites is 3. The fourth-order valence-corrected chi connectivity index (χ4v) is 6.34. The number of hydrogen-bond donors (Lipinski definition) is 0. The van der Waals surface area contributed by atoms with Gasteiger partial charge in [0.2, 0.25) is 0 Å². The molecule has 0 aliphatic heterocycles. The third-order valence-electron chi connectivity index (χ3n) is 8.87. The molecule has 5 aromatic rings. The summed E-state index contributed by atoms with van der Waals surface area (Å²) >= 11 is 0. The Bertz CT molecular complexity index is 1970. The van der Waals surface area contributed by atoms with E-state index in [1.807, 2.05) is 31.3 Å². The van der Waals surface area contributed by atoms with Crippen LogP contribution in [0.2, 0.25) is 0 Å². The van der Waals surface area contributed by atoms with E-state index >= 15 is 0 Å². The molecule has 0 unspecified atom stereocenters. The van der Waals surface area contributed by atoms with Crippen LogP contribution < -0.4 is 4.90 Å². The van der Waals surface area contributed by atoms with Crippen LogP contribution in [-0.2, 0) is 6.54 Å². The van der Waals surface area contributed by atoms with Gasteiger partial charge < -0.3 is 4.90 Å². The molecule has 0 atom stereocenters. The summed E-state index contributed by atoms with van der Waals surface area (Å²) in [7, 11) is 1.90. The van der Waals surface area contributed by atoms with Crippen LogP contribution in [0.25, 0.3) is 16.7 Å². The summed E-state index contributed by atoms with van der Waals surface area (Å²) in [5.74, 6) is 0. The predicted octanol–water partition coefficient (Wildman–Crippen LogP) is 11.5. The summed E-state index contributed by atoms with van der Waals surface area (Å²) in [4.78, 5) is 11.5. The summed E-state index contributed by atoms with van der Waals surface area (Å²) in [6, 6.07) is 44.9. The lowest BCUT2D eigenvalue weighted by atomic mass is 9.85. The van der Waals surface area contributed by atoms with Gasteiger partial charge >= 0.3 is 0 Å². The minimum Gasteiger partial charge on any atom is -0.335 e. The van der Waals surface area contributed by atoms with Gasteiger partial charge in [-0.1, -0.05) is 121 Å². The van der Waals surface area contributed by atoms with Gasteiger partial charge in [-0.05, 0) is 96.6 Å². The van der Waals surface area contributed by atoms with Crippen molar-refractivity contribution in [3.05, 3.63) is 179 Å². The second-order valence-electron chi connectivity index (χ2n) is 11.9. The highest BCUT2D eigenvalue weighted by atomic mass is 15.1. The van der Waals surface area contributed by atoms with Gasteiger partial charge in [0.05, 0.1) is 17.1 Å². The molecule has 0 spiro atoms. The molecule has 0 heterocycles. The van der Waals surface area contributed by atoms with Crippen LogP contribution in [0, 0.1) is 6.92 Å². The van der Waals surface area contributed by atoms with Gasteiger partial charge in [-0.15, -0.1) is 0 Å². The Morgan fingerprint density at radius 3 is 2.06 bits per heavy atom. The first-order valence-electron chi connectivity index (χ1n) is 16.3.